The Morgan fingerprint density at radius 3 is 2.38 bits per heavy atom. The number of anilines is 1. The molecule has 0 aliphatic heterocycles. The molecular weight excluding hydrogens is 425 g/mol. The summed E-state index contributed by atoms with van der Waals surface area (Å²) in [4.78, 5) is 21.8. The number of aromatic amines is 1. The Morgan fingerprint density at radius 1 is 1.09 bits per heavy atom. The van der Waals surface area contributed by atoms with Crippen molar-refractivity contribution < 1.29 is 22.3 Å². The summed E-state index contributed by atoms with van der Waals surface area (Å²) in [6.45, 7) is 2.60. The van der Waals surface area contributed by atoms with Gasteiger partial charge < -0.3 is 5.73 Å². The molecule has 3 N–H and O–H groups in total. The van der Waals surface area contributed by atoms with Crippen molar-refractivity contribution in [2.24, 2.45) is 0 Å². The number of nitrogens with two attached hydrogens (primary N) is 1. The number of nitrogens with zero attached hydrogens (tertiary/aromatic N) is 4. The van der Waals surface area contributed by atoms with Crippen LogP contribution in [0.5, 0.6) is 0 Å². The molecule has 0 unspecified atom stereocenters. The number of hydrogen-bond donors (Lipinski definition) is 2. The van der Waals surface area contributed by atoms with E-state index in [-0.39, 0.29) is 12.5 Å². The van der Waals surface area contributed by atoms with E-state index in [1.165, 1.54) is 0 Å². The van der Waals surface area contributed by atoms with Gasteiger partial charge in [0.2, 0.25) is 5.65 Å². The van der Waals surface area contributed by atoms with Crippen LogP contribution in [0.25, 0.3) is 28.0 Å². The average molecular weight is 445 g/mol. The summed E-state index contributed by atoms with van der Waals surface area (Å²) >= 11 is 0. The largest absolute Gasteiger partial charge is 0.522 e. The number of hydrogen-bond acceptors (Lipinski definition) is 5. The topological polar surface area (TPSA) is 103 Å². The first-order chi connectivity index (χ1) is 15.1. The third kappa shape index (κ3) is 4.19. The van der Waals surface area contributed by atoms with Crippen LogP contribution in [0, 0.1) is 13.8 Å². The van der Waals surface area contributed by atoms with Crippen molar-refractivity contribution in [2.75, 3.05) is 12.3 Å². The SMILES string of the molecule is Cc1cc(-c2c(-c3ccccc3)nc(N)[n+]3c(=O)n(CCOC(F)(F)F)[nH]c23)cc(C)n1. The van der Waals surface area contributed by atoms with E-state index >= 15 is 0 Å². The van der Waals surface area contributed by atoms with Crippen LogP contribution in [0.3, 0.4) is 0 Å². The van der Waals surface area contributed by atoms with E-state index in [2.05, 4.69) is 19.8 Å². The maximum absolute atomic E-state index is 12.9. The predicted molar refractivity (Wildman–Crippen MR) is 111 cm³/mol. The molecule has 11 heteroatoms. The lowest BCUT2D eigenvalue weighted by atomic mass is 9.99. The quantitative estimate of drug-likeness (QED) is 0.460. The number of rotatable bonds is 5. The molecule has 0 bridgehead atoms. The number of nitrogen functional groups attached to an aromatic ring is 1. The van der Waals surface area contributed by atoms with Gasteiger partial charge in [-0.3, -0.25) is 9.72 Å². The van der Waals surface area contributed by atoms with Gasteiger partial charge in [0.15, 0.2) is 0 Å². The van der Waals surface area contributed by atoms with E-state index < -0.39 is 18.7 Å². The molecular formula is C21H20F3N6O2+. The van der Waals surface area contributed by atoms with Crippen LogP contribution in [-0.4, -0.2) is 32.7 Å². The Morgan fingerprint density at radius 2 is 1.75 bits per heavy atom. The first-order valence-electron chi connectivity index (χ1n) is 9.70. The fourth-order valence-electron chi connectivity index (χ4n) is 3.62. The molecule has 32 heavy (non-hydrogen) atoms. The van der Waals surface area contributed by atoms with Gasteiger partial charge in [0.05, 0.1) is 12.2 Å². The summed E-state index contributed by atoms with van der Waals surface area (Å²) in [5.41, 5.74) is 9.87. The van der Waals surface area contributed by atoms with Crippen molar-refractivity contribution in [1.82, 2.24) is 19.7 Å². The Balaban J connectivity index is 1.97. The Labute approximate surface area is 180 Å². The summed E-state index contributed by atoms with van der Waals surface area (Å²) in [7, 11) is 0. The van der Waals surface area contributed by atoms with Gasteiger partial charge in [-0.25, -0.2) is 9.89 Å². The fraction of sp³-hybridized carbons (Fsp3) is 0.238. The highest BCUT2D eigenvalue weighted by Crippen LogP contribution is 2.33. The number of H-pyrrole nitrogens is 1. The molecule has 8 nitrogen and oxygen atoms in total. The van der Waals surface area contributed by atoms with Crippen molar-refractivity contribution >= 4 is 11.6 Å². The maximum atomic E-state index is 12.9. The van der Waals surface area contributed by atoms with E-state index in [1.54, 1.807) is 0 Å². The molecule has 0 aliphatic carbocycles. The lowest BCUT2D eigenvalue weighted by Crippen LogP contribution is -2.44. The zero-order chi connectivity index (χ0) is 23.0. The number of fused-ring (bicyclic) bond motifs is 1. The summed E-state index contributed by atoms with van der Waals surface area (Å²) in [5.74, 6) is -0.0955. The van der Waals surface area contributed by atoms with E-state index in [9.17, 15) is 18.0 Å². The molecule has 0 spiro atoms. The predicted octanol–water partition coefficient (Wildman–Crippen LogP) is 2.77. The minimum atomic E-state index is -4.79. The number of halogens is 3. The summed E-state index contributed by atoms with van der Waals surface area (Å²) in [6, 6.07) is 13.0. The zero-order valence-corrected chi connectivity index (χ0v) is 17.3. The normalized spacial score (nSPS) is 11.9. The number of nitrogens with one attached hydrogen (secondary N) is 1. The molecule has 0 atom stereocenters. The molecule has 0 fully saturated rings. The van der Waals surface area contributed by atoms with Gasteiger partial charge in [0, 0.05) is 17.0 Å². The summed E-state index contributed by atoms with van der Waals surface area (Å²) in [5, 5.41) is 2.89. The number of aromatic nitrogens is 5. The molecule has 0 amide bonds. The van der Waals surface area contributed by atoms with Gasteiger partial charge in [0.25, 0.3) is 0 Å². The Bertz CT molecular complexity index is 1330. The molecule has 0 saturated heterocycles. The van der Waals surface area contributed by atoms with Crippen LogP contribution >= 0.6 is 0 Å². The first kappa shape index (κ1) is 21.5. The van der Waals surface area contributed by atoms with Gasteiger partial charge in [-0.1, -0.05) is 30.3 Å². The minimum Gasteiger partial charge on any atom is -0.319 e. The van der Waals surface area contributed by atoms with Gasteiger partial charge in [-0.2, -0.15) is 4.68 Å². The third-order valence-electron chi connectivity index (χ3n) is 4.81. The summed E-state index contributed by atoms with van der Waals surface area (Å²) < 4.78 is 43.1. The second-order valence-corrected chi connectivity index (χ2v) is 7.22. The van der Waals surface area contributed by atoms with Crippen LogP contribution in [0.4, 0.5) is 19.1 Å². The fourth-order valence-corrected chi connectivity index (χ4v) is 3.62. The van der Waals surface area contributed by atoms with Crippen LogP contribution in [0.15, 0.2) is 47.3 Å². The van der Waals surface area contributed by atoms with E-state index in [4.69, 9.17) is 5.73 Å². The lowest BCUT2D eigenvalue weighted by molar-refractivity contribution is -0.516. The lowest BCUT2D eigenvalue weighted by Gasteiger charge is -2.10. The van der Waals surface area contributed by atoms with Crippen molar-refractivity contribution in [3.8, 4) is 22.4 Å². The first-order valence-corrected chi connectivity index (χ1v) is 9.70. The number of aryl methyl sites for hydroxylation is 2. The van der Waals surface area contributed by atoms with E-state index in [0.717, 1.165) is 31.6 Å². The molecule has 0 radical (unpaired) electrons. The van der Waals surface area contributed by atoms with Crippen molar-refractivity contribution in [1.29, 1.82) is 0 Å². The van der Waals surface area contributed by atoms with Crippen molar-refractivity contribution in [3.05, 3.63) is 64.3 Å². The molecule has 0 saturated carbocycles. The molecule has 1 aromatic carbocycles. The third-order valence-corrected chi connectivity index (χ3v) is 4.81. The number of alkyl halides is 3. The zero-order valence-electron chi connectivity index (χ0n) is 17.3. The standard InChI is InChI=1S/C21H19F3N6O2/c1-12-10-15(11-13(2)26-12)16-17(14-6-4-3-5-7-14)27-19(25)30-18(16)28-29(20(30)31)8-9-32-21(22,23)24/h3-7,10-11H,8-9H2,1-2H3,(H2,25,26,27,28)/p+1. The molecule has 3 aromatic heterocycles. The second-order valence-electron chi connectivity index (χ2n) is 7.22. The molecule has 0 aliphatic rings. The van der Waals surface area contributed by atoms with Gasteiger partial charge in [-0.15, -0.1) is 22.6 Å². The van der Waals surface area contributed by atoms with Crippen molar-refractivity contribution in [3.63, 3.8) is 0 Å². The smallest absolute Gasteiger partial charge is 0.319 e. The summed E-state index contributed by atoms with van der Waals surface area (Å²) in [6.07, 6.45) is -4.79. The van der Waals surface area contributed by atoms with Crippen molar-refractivity contribution in [2.45, 2.75) is 26.8 Å². The highest BCUT2D eigenvalue weighted by molar-refractivity contribution is 5.88. The highest BCUT2D eigenvalue weighted by Gasteiger charge is 2.30. The second kappa shape index (κ2) is 8.08. The maximum Gasteiger partial charge on any atom is 0.522 e. The number of pyridine rings is 1. The highest BCUT2D eigenvalue weighted by atomic mass is 19.4. The van der Waals surface area contributed by atoms with Crippen LogP contribution in [-0.2, 0) is 11.3 Å². The molecule has 4 rings (SSSR count). The van der Waals surface area contributed by atoms with Crippen LogP contribution < -0.4 is 15.8 Å². The Hall–Kier alpha value is -3.73. The van der Waals surface area contributed by atoms with Crippen LogP contribution in [0.2, 0.25) is 0 Å². The van der Waals surface area contributed by atoms with E-state index in [1.807, 2.05) is 56.3 Å². The monoisotopic (exact) mass is 445 g/mol. The average Bonchev–Trinajstić information content (AvgIpc) is 3.03. The van der Waals surface area contributed by atoms with E-state index in [0.29, 0.717) is 16.9 Å². The Kier molecular flexibility index (Phi) is 5.43. The minimum absolute atomic E-state index is 0.0955. The molecule has 166 valence electrons. The van der Waals surface area contributed by atoms with Crippen LogP contribution in [0.1, 0.15) is 11.4 Å². The molecule has 4 aromatic rings. The van der Waals surface area contributed by atoms with Gasteiger partial charge in [-0.05, 0) is 31.5 Å². The van der Waals surface area contributed by atoms with Gasteiger partial charge >= 0.3 is 18.0 Å². The molecule has 3 heterocycles. The number of ether oxygens (including phenoxy) is 1. The van der Waals surface area contributed by atoms with Gasteiger partial charge in [0.1, 0.15) is 12.2 Å². The number of benzene rings is 1.